The van der Waals surface area contributed by atoms with Gasteiger partial charge in [-0.3, -0.25) is 19.5 Å². The van der Waals surface area contributed by atoms with Crippen LogP contribution in [0.3, 0.4) is 0 Å². The lowest BCUT2D eigenvalue weighted by Gasteiger charge is -2.38. The zero-order valence-electron chi connectivity index (χ0n) is 23.6. The van der Waals surface area contributed by atoms with Crippen molar-refractivity contribution in [3.63, 3.8) is 0 Å². The summed E-state index contributed by atoms with van der Waals surface area (Å²) in [6.45, 7) is 3.94. The van der Waals surface area contributed by atoms with Gasteiger partial charge in [0.2, 0.25) is 11.8 Å². The number of aliphatic hydroxyl groups is 2. The van der Waals surface area contributed by atoms with E-state index in [4.69, 9.17) is 11.6 Å². The molecule has 0 radical (unpaired) electrons. The number of carbonyl (C=O) groups is 2. The smallest absolute Gasteiger partial charge is 0.234 e. The molecule has 1 saturated heterocycles. The second kappa shape index (κ2) is 12.9. The minimum Gasteiger partial charge on any atom is -0.508 e. The van der Waals surface area contributed by atoms with Crippen molar-refractivity contribution in [1.82, 2.24) is 9.88 Å². The molecule has 1 aliphatic carbocycles. The van der Waals surface area contributed by atoms with Crippen LogP contribution in [0.4, 0.5) is 0 Å². The van der Waals surface area contributed by atoms with Crippen LogP contribution in [0.25, 0.3) is 11.6 Å². The molecule has 2 aromatic heterocycles. The number of phenolic OH excluding ortho intramolecular Hbond substituents is 1. The number of pyridine rings is 1. The van der Waals surface area contributed by atoms with E-state index in [-0.39, 0.29) is 36.6 Å². The number of aliphatic hydroxyl groups excluding tert-OH is 2. The Kier molecular flexibility index (Phi) is 9.28. The maximum absolute atomic E-state index is 13.6. The van der Waals surface area contributed by atoms with Crippen LogP contribution in [-0.2, 0) is 16.1 Å². The van der Waals surface area contributed by atoms with Crippen molar-refractivity contribution in [2.24, 2.45) is 23.7 Å². The number of carbonyl (C=O) groups excluding carboxylic acids is 2. The molecule has 1 aromatic carbocycles. The first-order valence-corrected chi connectivity index (χ1v) is 15.4. The van der Waals surface area contributed by atoms with E-state index in [1.165, 1.54) is 22.3 Å². The molecule has 3 N–H and O–H groups in total. The Morgan fingerprint density at radius 1 is 1.17 bits per heavy atom. The number of imide groups is 1. The first kappa shape index (κ1) is 30.2. The number of aromatic hydroxyl groups is 1. The fraction of sp³-hybridized carbons (Fsp3) is 0.364. The summed E-state index contributed by atoms with van der Waals surface area (Å²) in [5.74, 6) is -2.26. The number of fused-ring (bicyclic) bond motifs is 1. The van der Waals surface area contributed by atoms with E-state index in [0.29, 0.717) is 35.4 Å². The quantitative estimate of drug-likeness (QED) is 0.194. The summed E-state index contributed by atoms with van der Waals surface area (Å²) in [4.78, 5) is 33.9. The van der Waals surface area contributed by atoms with Gasteiger partial charge < -0.3 is 15.3 Å². The van der Waals surface area contributed by atoms with E-state index in [9.17, 15) is 24.9 Å². The topological polar surface area (TPSA) is 111 Å². The Balaban J connectivity index is 1.44. The largest absolute Gasteiger partial charge is 0.508 e. The highest BCUT2D eigenvalue weighted by atomic mass is 35.5. The maximum Gasteiger partial charge on any atom is 0.234 e. The van der Waals surface area contributed by atoms with Gasteiger partial charge in [0.05, 0.1) is 41.8 Å². The maximum atomic E-state index is 13.6. The van der Waals surface area contributed by atoms with Gasteiger partial charge in [0.25, 0.3) is 0 Å². The molecule has 0 spiro atoms. The number of benzene rings is 1. The number of aromatic nitrogens is 1. The molecule has 1 fully saturated rings. The minimum absolute atomic E-state index is 0.0282. The average Bonchev–Trinajstić information content (AvgIpc) is 3.58. The Morgan fingerprint density at radius 2 is 1.98 bits per heavy atom. The second-order valence-electron chi connectivity index (χ2n) is 11.2. The fourth-order valence-corrected chi connectivity index (χ4v) is 7.24. The van der Waals surface area contributed by atoms with Gasteiger partial charge in [-0.15, -0.1) is 11.3 Å². The highest BCUT2D eigenvalue weighted by Crippen LogP contribution is 2.48. The van der Waals surface area contributed by atoms with Gasteiger partial charge >= 0.3 is 0 Å². The van der Waals surface area contributed by atoms with Gasteiger partial charge in [-0.05, 0) is 89.7 Å². The third-order valence-corrected chi connectivity index (χ3v) is 9.54. The van der Waals surface area contributed by atoms with Crippen molar-refractivity contribution in [3.8, 4) is 5.75 Å². The predicted octanol–water partition coefficient (Wildman–Crippen LogP) is 5.95. The normalized spacial score (nSPS) is 21.8. The van der Waals surface area contributed by atoms with Crippen molar-refractivity contribution in [3.05, 3.63) is 92.4 Å². The summed E-state index contributed by atoms with van der Waals surface area (Å²) in [5, 5.41) is 34.4. The summed E-state index contributed by atoms with van der Waals surface area (Å²) in [7, 11) is 0. The van der Waals surface area contributed by atoms with E-state index in [1.807, 2.05) is 55.6 Å². The van der Waals surface area contributed by atoms with Crippen LogP contribution < -0.4 is 0 Å². The Morgan fingerprint density at radius 3 is 2.62 bits per heavy atom. The summed E-state index contributed by atoms with van der Waals surface area (Å²) >= 11 is 7.90. The van der Waals surface area contributed by atoms with Crippen LogP contribution in [0.1, 0.15) is 49.2 Å². The molecule has 0 unspecified atom stereocenters. The van der Waals surface area contributed by atoms with Crippen molar-refractivity contribution in [1.29, 1.82) is 0 Å². The van der Waals surface area contributed by atoms with Crippen LogP contribution in [0.15, 0.2) is 71.3 Å². The lowest BCUT2D eigenvalue weighted by molar-refractivity contribution is -0.140. The van der Waals surface area contributed by atoms with E-state index in [2.05, 4.69) is 4.98 Å². The highest BCUT2D eigenvalue weighted by Gasteiger charge is 2.55. The Bertz CT molecular complexity index is 1500. The average molecular weight is 607 g/mol. The van der Waals surface area contributed by atoms with Crippen LogP contribution in [0.2, 0.25) is 5.02 Å². The molecule has 42 heavy (non-hydrogen) atoms. The molecule has 2 amide bonds. The highest BCUT2D eigenvalue weighted by molar-refractivity contribution is 7.09. The third kappa shape index (κ3) is 6.08. The van der Waals surface area contributed by atoms with Crippen LogP contribution in [0.5, 0.6) is 5.75 Å². The molecule has 1 aliphatic heterocycles. The molecule has 0 saturated carbocycles. The monoisotopic (exact) mass is 606 g/mol. The molecule has 5 rings (SSSR count). The number of nitrogens with zero attached hydrogens (tertiary/aromatic N) is 2. The van der Waals surface area contributed by atoms with E-state index >= 15 is 0 Å². The zero-order valence-corrected chi connectivity index (χ0v) is 25.2. The number of likely N-dealkylation sites (tertiary alicyclic amines) is 1. The predicted molar refractivity (Wildman–Crippen MR) is 164 cm³/mol. The van der Waals surface area contributed by atoms with Gasteiger partial charge in [0.1, 0.15) is 5.75 Å². The summed E-state index contributed by atoms with van der Waals surface area (Å²) in [6, 6.07) is 14.2. The lowest BCUT2D eigenvalue weighted by Crippen LogP contribution is -2.39. The molecule has 9 heteroatoms. The molecule has 4 atom stereocenters. The number of allylic oxidation sites excluding steroid dienone is 2. The van der Waals surface area contributed by atoms with E-state index < -0.39 is 23.9 Å². The molecule has 220 valence electrons. The van der Waals surface area contributed by atoms with Gasteiger partial charge in [0.15, 0.2) is 0 Å². The SMILES string of the molecule is CC(C)C1=C([C@H](O)CC/C(=C/c2ccc(O)cc2Cl)c2ccccn2)[C@H](CO)[C@@H]2C(=O)N(Cc3cccs3)C(=O)[C@@H]2C1. The number of halogens is 1. The second-order valence-corrected chi connectivity index (χ2v) is 12.7. The van der Waals surface area contributed by atoms with Crippen LogP contribution in [-0.4, -0.2) is 49.7 Å². The van der Waals surface area contributed by atoms with Crippen LogP contribution in [0, 0.1) is 23.7 Å². The molecule has 3 heterocycles. The molecule has 3 aromatic rings. The first-order chi connectivity index (χ1) is 20.2. The minimum atomic E-state index is -0.933. The Labute approximate surface area is 254 Å². The Hall–Kier alpha value is -3.30. The van der Waals surface area contributed by atoms with E-state index in [1.54, 1.807) is 18.3 Å². The van der Waals surface area contributed by atoms with E-state index in [0.717, 1.165) is 21.7 Å². The number of rotatable bonds is 10. The molecular weight excluding hydrogens is 572 g/mol. The number of hydrogen-bond donors (Lipinski definition) is 3. The molecule has 2 aliphatic rings. The van der Waals surface area contributed by atoms with Crippen molar-refractivity contribution < 1.29 is 24.9 Å². The summed E-state index contributed by atoms with van der Waals surface area (Å²) in [6.07, 6.45) is 3.81. The number of thiophene rings is 1. The molecule has 7 nitrogen and oxygen atoms in total. The van der Waals surface area contributed by atoms with Crippen LogP contribution >= 0.6 is 22.9 Å². The fourth-order valence-electron chi connectivity index (χ4n) is 6.32. The summed E-state index contributed by atoms with van der Waals surface area (Å²) < 4.78 is 0. The van der Waals surface area contributed by atoms with Gasteiger partial charge in [-0.2, -0.15) is 0 Å². The van der Waals surface area contributed by atoms with Gasteiger partial charge in [-0.1, -0.05) is 43.2 Å². The number of hydrogen-bond acceptors (Lipinski definition) is 7. The number of phenols is 1. The first-order valence-electron chi connectivity index (χ1n) is 14.2. The zero-order chi connectivity index (χ0) is 30.0. The molecule has 0 bridgehead atoms. The van der Waals surface area contributed by atoms with Crippen molar-refractivity contribution >= 4 is 46.4 Å². The number of amides is 2. The summed E-state index contributed by atoms with van der Waals surface area (Å²) in [5.41, 5.74) is 3.90. The molecular formula is C33H35ClN2O5S. The lowest BCUT2D eigenvalue weighted by atomic mass is 9.66. The van der Waals surface area contributed by atoms with Crippen molar-refractivity contribution in [2.75, 3.05) is 6.61 Å². The standard InChI is InChI=1S/C33H35ClN2O5S/c1-19(2)24-16-25-31(33(41)36(32(25)40)17-23-6-5-13-42-23)26(18-37)30(24)29(39)11-9-21(28-7-3-4-12-35-28)14-20-8-10-22(38)15-27(20)34/h3-8,10,12-15,19,25-26,29,31,37-39H,9,11,16-18H2,1-2H3/b21-14-/t25-,26+,29-,31-/m1/s1. The third-order valence-electron chi connectivity index (χ3n) is 8.35. The van der Waals surface area contributed by atoms with Gasteiger partial charge in [-0.25, -0.2) is 0 Å². The van der Waals surface area contributed by atoms with Gasteiger partial charge in [0, 0.05) is 17.0 Å². The van der Waals surface area contributed by atoms with Crippen molar-refractivity contribution in [2.45, 2.75) is 45.8 Å².